The normalized spacial score (nSPS) is 12.1. The number of aliphatic hydroxyl groups is 1. The summed E-state index contributed by atoms with van der Waals surface area (Å²) in [5.74, 6) is 2.15. The molecule has 0 aliphatic heterocycles. The van der Waals surface area contributed by atoms with E-state index in [1.807, 2.05) is 24.4 Å². The highest BCUT2D eigenvalue weighted by Gasteiger charge is 2.13. The molecule has 1 aromatic heterocycles. The number of aromatic nitrogens is 1. The van der Waals surface area contributed by atoms with Crippen LogP contribution in [-0.4, -0.2) is 47.0 Å². The number of halogens is 1. The van der Waals surface area contributed by atoms with Crippen LogP contribution in [-0.2, 0) is 17.8 Å². The van der Waals surface area contributed by atoms with Gasteiger partial charge in [0.2, 0.25) is 0 Å². The van der Waals surface area contributed by atoms with Gasteiger partial charge in [0.05, 0.1) is 12.7 Å². The topological polar surface area (TPSA) is 37.6 Å². The number of hydrogen-bond acceptors (Lipinski definition) is 3. The van der Waals surface area contributed by atoms with Crippen LogP contribution in [0.3, 0.4) is 0 Å². The molecular weight excluding hydrogens is 331 g/mol. The summed E-state index contributed by atoms with van der Waals surface area (Å²) >= 11 is 0. The number of ether oxygens (including phenoxy) is 1. The van der Waals surface area contributed by atoms with E-state index in [1.165, 1.54) is 12.1 Å². The van der Waals surface area contributed by atoms with Crippen molar-refractivity contribution in [3.63, 3.8) is 0 Å². The third kappa shape index (κ3) is 6.49. The van der Waals surface area contributed by atoms with Gasteiger partial charge in [-0.15, -0.1) is 13.0 Å². The molecule has 1 atom stereocenters. The molecule has 1 aromatic carbocycles. The second-order valence-corrected chi connectivity index (χ2v) is 6.11. The highest BCUT2D eigenvalue weighted by molar-refractivity contribution is 5.18. The minimum atomic E-state index is -0.621. The van der Waals surface area contributed by atoms with Gasteiger partial charge in [0.25, 0.3) is 0 Å². The van der Waals surface area contributed by atoms with Crippen molar-refractivity contribution in [2.24, 2.45) is 0 Å². The number of benzene rings is 1. The van der Waals surface area contributed by atoms with Gasteiger partial charge in [-0.1, -0.05) is 24.1 Å². The van der Waals surface area contributed by atoms with Crippen LogP contribution in [0.15, 0.2) is 55.3 Å². The van der Waals surface area contributed by atoms with Crippen LogP contribution in [0.5, 0.6) is 0 Å². The highest BCUT2D eigenvalue weighted by atomic mass is 19.1. The second-order valence-electron chi connectivity index (χ2n) is 6.11. The smallest absolute Gasteiger partial charge is 0.123 e. The number of rotatable bonds is 11. The van der Waals surface area contributed by atoms with Crippen LogP contribution in [0.25, 0.3) is 0 Å². The van der Waals surface area contributed by atoms with Gasteiger partial charge in [0, 0.05) is 38.1 Å². The first-order valence-corrected chi connectivity index (χ1v) is 8.53. The molecule has 1 heterocycles. The Morgan fingerprint density at radius 2 is 2.12 bits per heavy atom. The third-order valence-corrected chi connectivity index (χ3v) is 3.93. The minimum Gasteiger partial charge on any atom is -0.389 e. The molecule has 0 fully saturated rings. The lowest BCUT2D eigenvalue weighted by atomic mass is 10.2. The van der Waals surface area contributed by atoms with Crippen molar-refractivity contribution in [2.75, 3.05) is 26.3 Å². The summed E-state index contributed by atoms with van der Waals surface area (Å²) in [5, 5.41) is 10.1. The first-order chi connectivity index (χ1) is 12.6. The molecular formula is C21H25FN2O2. The van der Waals surface area contributed by atoms with Gasteiger partial charge >= 0.3 is 0 Å². The fraction of sp³-hybridized carbons (Fsp3) is 0.333. The van der Waals surface area contributed by atoms with E-state index < -0.39 is 6.10 Å². The third-order valence-electron chi connectivity index (χ3n) is 3.93. The molecule has 0 saturated carbocycles. The van der Waals surface area contributed by atoms with Crippen molar-refractivity contribution in [1.29, 1.82) is 0 Å². The first kappa shape index (κ1) is 19.9. The molecule has 4 nitrogen and oxygen atoms in total. The Bertz CT molecular complexity index is 718. The lowest BCUT2D eigenvalue weighted by Crippen LogP contribution is -2.35. The van der Waals surface area contributed by atoms with Crippen molar-refractivity contribution in [2.45, 2.75) is 19.2 Å². The van der Waals surface area contributed by atoms with Crippen LogP contribution in [0.1, 0.15) is 11.3 Å². The fourth-order valence-electron chi connectivity index (χ4n) is 2.75. The van der Waals surface area contributed by atoms with E-state index in [0.29, 0.717) is 26.2 Å². The molecule has 0 amide bonds. The molecule has 0 spiro atoms. The number of terminal acetylenes is 1. The molecule has 1 unspecified atom stereocenters. The zero-order valence-electron chi connectivity index (χ0n) is 14.9. The maximum Gasteiger partial charge on any atom is 0.123 e. The van der Waals surface area contributed by atoms with E-state index in [2.05, 4.69) is 22.0 Å². The molecule has 0 bridgehead atoms. The summed E-state index contributed by atoms with van der Waals surface area (Å²) in [7, 11) is 0. The molecule has 2 rings (SSSR count). The Morgan fingerprint density at radius 1 is 1.35 bits per heavy atom. The van der Waals surface area contributed by atoms with Crippen LogP contribution >= 0.6 is 0 Å². The largest absolute Gasteiger partial charge is 0.389 e. The first-order valence-electron chi connectivity index (χ1n) is 8.53. The predicted octanol–water partition coefficient (Wildman–Crippen LogP) is 2.67. The van der Waals surface area contributed by atoms with Gasteiger partial charge in [0.15, 0.2) is 0 Å². The predicted molar refractivity (Wildman–Crippen MR) is 101 cm³/mol. The highest BCUT2D eigenvalue weighted by Crippen LogP contribution is 2.12. The molecule has 0 aliphatic rings. The van der Waals surface area contributed by atoms with Gasteiger partial charge in [-0.2, -0.15) is 0 Å². The lowest BCUT2D eigenvalue weighted by molar-refractivity contribution is 0.0281. The lowest BCUT2D eigenvalue weighted by Gasteiger charge is -2.24. The Morgan fingerprint density at radius 3 is 2.81 bits per heavy atom. The van der Waals surface area contributed by atoms with Gasteiger partial charge in [-0.3, -0.25) is 4.90 Å². The monoisotopic (exact) mass is 356 g/mol. The average molecular weight is 356 g/mol. The summed E-state index contributed by atoms with van der Waals surface area (Å²) in [6, 6.07) is 10.5. The van der Waals surface area contributed by atoms with E-state index in [9.17, 15) is 9.50 Å². The zero-order chi connectivity index (χ0) is 18.8. The van der Waals surface area contributed by atoms with Crippen molar-refractivity contribution in [3.05, 3.63) is 72.3 Å². The summed E-state index contributed by atoms with van der Waals surface area (Å²) in [4.78, 5) is 2.09. The summed E-state index contributed by atoms with van der Waals surface area (Å²) in [5.41, 5.74) is 2.13. The van der Waals surface area contributed by atoms with E-state index in [0.717, 1.165) is 11.3 Å². The fourth-order valence-corrected chi connectivity index (χ4v) is 2.75. The van der Waals surface area contributed by atoms with E-state index in [1.54, 1.807) is 12.1 Å². The number of hydrogen-bond donors (Lipinski definition) is 1. The Hall–Kier alpha value is -2.39. The van der Waals surface area contributed by atoms with E-state index in [-0.39, 0.29) is 19.0 Å². The molecule has 5 heteroatoms. The maximum absolute atomic E-state index is 13.1. The summed E-state index contributed by atoms with van der Waals surface area (Å²) < 4.78 is 20.4. The van der Waals surface area contributed by atoms with Gasteiger partial charge < -0.3 is 14.4 Å². The van der Waals surface area contributed by atoms with Crippen LogP contribution in [0.4, 0.5) is 4.39 Å². The van der Waals surface area contributed by atoms with Crippen LogP contribution < -0.4 is 0 Å². The molecule has 0 radical (unpaired) electrons. The average Bonchev–Trinajstić information content (AvgIpc) is 3.04. The van der Waals surface area contributed by atoms with Crippen molar-refractivity contribution in [1.82, 2.24) is 9.47 Å². The van der Waals surface area contributed by atoms with Crippen molar-refractivity contribution >= 4 is 0 Å². The summed E-state index contributed by atoms with van der Waals surface area (Å²) in [6.45, 7) is 6.61. The maximum atomic E-state index is 13.1. The quantitative estimate of drug-likeness (QED) is 0.382. The molecule has 0 saturated heterocycles. The Labute approximate surface area is 154 Å². The molecule has 0 aliphatic carbocycles. The number of nitrogens with zero attached hydrogens (tertiary/aromatic N) is 2. The number of aliphatic hydroxyl groups excluding tert-OH is 1. The minimum absolute atomic E-state index is 0.193. The van der Waals surface area contributed by atoms with Crippen molar-refractivity contribution in [3.8, 4) is 12.3 Å². The zero-order valence-corrected chi connectivity index (χ0v) is 14.9. The molecule has 2 aromatic rings. The van der Waals surface area contributed by atoms with E-state index >= 15 is 0 Å². The molecule has 138 valence electrons. The molecule has 1 N–H and O–H groups in total. The second kappa shape index (κ2) is 10.6. The van der Waals surface area contributed by atoms with Crippen LogP contribution in [0, 0.1) is 18.2 Å². The van der Waals surface area contributed by atoms with Gasteiger partial charge in [0.1, 0.15) is 12.4 Å². The standard InChI is InChI=1S/C21H25FN2O2/c1-3-11-23(16-21(25)17-26-13-4-2)15-20-6-5-12-24(20)14-18-7-9-19(22)10-8-18/h2-3,5-10,12,21,25H,1,11,13-17H2. The van der Waals surface area contributed by atoms with Crippen molar-refractivity contribution < 1.29 is 14.2 Å². The SMILES string of the molecule is C#CCOCC(O)CN(CC=C)Cc1cccn1Cc1ccc(F)cc1. The van der Waals surface area contributed by atoms with E-state index in [4.69, 9.17) is 11.2 Å². The van der Waals surface area contributed by atoms with Gasteiger partial charge in [-0.05, 0) is 29.8 Å². The summed E-state index contributed by atoms with van der Waals surface area (Å²) in [6.07, 6.45) is 8.32. The Kier molecular flexibility index (Phi) is 8.10. The Balaban J connectivity index is 1.98. The molecule has 26 heavy (non-hydrogen) atoms. The van der Waals surface area contributed by atoms with Gasteiger partial charge in [-0.25, -0.2) is 4.39 Å². The van der Waals surface area contributed by atoms with Crippen LogP contribution in [0.2, 0.25) is 0 Å².